The molecule has 0 N–H and O–H groups in total. The molecule has 5 heterocycles. The highest BCUT2D eigenvalue weighted by Gasteiger charge is 2.47. The summed E-state index contributed by atoms with van der Waals surface area (Å²) >= 11 is 0. The van der Waals surface area contributed by atoms with Gasteiger partial charge in [-0.2, -0.15) is 0 Å². The first-order valence-corrected chi connectivity index (χ1v) is 28.5. The van der Waals surface area contributed by atoms with E-state index in [-0.39, 0.29) is 28.5 Å². The zero-order chi connectivity index (χ0) is 54.2. The summed E-state index contributed by atoms with van der Waals surface area (Å²) in [6.45, 7) is 25.6. The summed E-state index contributed by atoms with van der Waals surface area (Å²) in [6.07, 6.45) is 2.29. The van der Waals surface area contributed by atoms with Crippen molar-refractivity contribution in [1.29, 1.82) is 0 Å². The standard InChI is InChI=1S/C73H66BN3O2/c1-43-37-56-57(73(10,11)36-35-72(56,8)9)42-60(43)76-59-34-25-45(44-19-13-12-14-20-44)38-58(59)74-66-61(76)41-53-51-21-15-17-23-62(51)78-68(53)65(66)55-40-50(39-54-64-52-22-16-18-24-63(52)79-69(64)77(74)67(54)55)75(48-30-26-46(27-31-48)70(2,3)4)49-32-28-47(29-33-49)71(5,6)7/h12-34,37-42H,35-36H2,1-11H3. The summed E-state index contributed by atoms with van der Waals surface area (Å²) < 4.78 is 17.3. The Morgan fingerprint density at radius 3 is 1.75 bits per heavy atom. The van der Waals surface area contributed by atoms with Crippen LogP contribution >= 0.6 is 0 Å². The Morgan fingerprint density at radius 1 is 0.506 bits per heavy atom. The van der Waals surface area contributed by atoms with E-state index in [1.54, 1.807) is 0 Å². The van der Waals surface area contributed by atoms with E-state index in [9.17, 15) is 0 Å². The van der Waals surface area contributed by atoms with Gasteiger partial charge in [-0.3, -0.25) is 0 Å². The zero-order valence-electron chi connectivity index (χ0n) is 47.4. The predicted molar refractivity (Wildman–Crippen MR) is 335 cm³/mol. The van der Waals surface area contributed by atoms with Crippen molar-refractivity contribution in [3.05, 3.63) is 204 Å². The summed E-state index contributed by atoms with van der Waals surface area (Å²) in [5, 5.41) is 5.58. The summed E-state index contributed by atoms with van der Waals surface area (Å²) in [6, 6.07) is 66.2. The van der Waals surface area contributed by atoms with Crippen molar-refractivity contribution in [1.82, 2.24) is 4.48 Å². The van der Waals surface area contributed by atoms with Crippen LogP contribution in [-0.2, 0) is 21.7 Å². The monoisotopic (exact) mass is 1030 g/mol. The predicted octanol–water partition coefficient (Wildman–Crippen LogP) is 19.2. The molecule has 0 amide bonds. The second-order valence-corrected chi connectivity index (χ2v) is 26.5. The van der Waals surface area contributed by atoms with Gasteiger partial charge in [0.05, 0.1) is 5.39 Å². The highest BCUT2D eigenvalue weighted by molar-refractivity contribution is 6.90. The van der Waals surface area contributed by atoms with Gasteiger partial charge in [0, 0.05) is 72.3 Å². The van der Waals surface area contributed by atoms with E-state index < -0.39 is 0 Å². The van der Waals surface area contributed by atoms with Crippen molar-refractivity contribution in [2.45, 2.75) is 111 Å². The molecule has 0 spiro atoms. The van der Waals surface area contributed by atoms with Gasteiger partial charge in [-0.05, 0) is 158 Å². The SMILES string of the molecule is Cc1cc2c(cc1N1c3ccc(-c4ccccc4)cc3B3c4c1cc1c(oc5ccccc51)c4-c1cc(N(c4ccc(C(C)(C)C)cc4)c4ccc(C(C)(C)C)cc4)cc4c5c6ccccc6oc5n3c14)C(C)(C)CCC2(C)C. The largest absolute Gasteiger partial charge is 0.455 e. The first kappa shape index (κ1) is 48.0. The van der Waals surface area contributed by atoms with Crippen LogP contribution in [0, 0.1) is 6.92 Å². The normalized spacial score (nSPS) is 15.3. The average molecular weight is 1030 g/mol. The third kappa shape index (κ3) is 7.02. The van der Waals surface area contributed by atoms with Gasteiger partial charge >= 0.3 is 6.85 Å². The number of fused-ring (bicyclic) bond motifs is 14. The van der Waals surface area contributed by atoms with E-state index in [0.29, 0.717) is 0 Å². The van der Waals surface area contributed by atoms with Gasteiger partial charge in [-0.15, -0.1) is 0 Å². The van der Waals surface area contributed by atoms with Crippen LogP contribution in [0.3, 0.4) is 0 Å². The van der Waals surface area contributed by atoms with Gasteiger partial charge < -0.3 is 23.1 Å². The van der Waals surface area contributed by atoms with Crippen molar-refractivity contribution in [3.63, 3.8) is 0 Å². The molecule has 5 nitrogen and oxygen atoms in total. The molecule has 0 atom stereocenters. The van der Waals surface area contributed by atoms with Gasteiger partial charge in [0.25, 0.3) is 0 Å². The van der Waals surface area contributed by atoms with E-state index in [4.69, 9.17) is 8.83 Å². The number of benzene rings is 9. The van der Waals surface area contributed by atoms with Crippen LogP contribution in [0.4, 0.5) is 34.1 Å². The fourth-order valence-corrected chi connectivity index (χ4v) is 14.0. The molecule has 9 aromatic carbocycles. The molecule has 0 fully saturated rings. The molecular weight excluding hydrogens is 962 g/mol. The Labute approximate surface area is 464 Å². The van der Waals surface area contributed by atoms with Gasteiger partial charge in [0.2, 0.25) is 0 Å². The number of para-hydroxylation sites is 2. The minimum absolute atomic E-state index is 0.000751. The van der Waals surface area contributed by atoms with Crippen LogP contribution in [0.1, 0.15) is 110 Å². The maximum absolute atomic E-state index is 7.36. The zero-order valence-corrected chi connectivity index (χ0v) is 47.4. The van der Waals surface area contributed by atoms with Gasteiger partial charge in [-0.1, -0.05) is 178 Å². The highest BCUT2D eigenvalue weighted by Crippen LogP contribution is 2.55. The molecule has 0 radical (unpaired) electrons. The summed E-state index contributed by atoms with van der Waals surface area (Å²) in [4.78, 5) is 5.09. The third-order valence-corrected chi connectivity index (χ3v) is 18.5. The first-order chi connectivity index (χ1) is 37.8. The molecule has 1 aliphatic carbocycles. The number of nitrogens with zero attached hydrogens (tertiary/aromatic N) is 3. The van der Waals surface area contributed by atoms with E-state index >= 15 is 0 Å². The molecule has 0 saturated carbocycles. The number of furan rings is 2. The van der Waals surface area contributed by atoms with Gasteiger partial charge in [0.1, 0.15) is 16.7 Å². The number of rotatable bonds is 5. The summed E-state index contributed by atoms with van der Waals surface area (Å²) in [7, 11) is 0. The second kappa shape index (κ2) is 16.4. The Morgan fingerprint density at radius 2 is 1.10 bits per heavy atom. The van der Waals surface area contributed by atoms with E-state index in [1.165, 1.54) is 61.2 Å². The Hall–Kier alpha value is -8.22. The smallest absolute Gasteiger partial charge is 0.336 e. The number of aromatic nitrogens is 1. The van der Waals surface area contributed by atoms with Crippen molar-refractivity contribution in [2.75, 3.05) is 9.80 Å². The van der Waals surface area contributed by atoms with Gasteiger partial charge in [0.15, 0.2) is 5.71 Å². The maximum atomic E-state index is 7.36. The van der Waals surface area contributed by atoms with Crippen LogP contribution in [0.2, 0.25) is 0 Å². The molecule has 79 heavy (non-hydrogen) atoms. The number of anilines is 6. The highest BCUT2D eigenvalue weighted by atomic mass is 16.3. The van der Waals surface area contributed by atoms with Crippen LogP contribution in [0.15, 0.2) is 185 Å². The van der Waals surface area contributed by atoms with Crippen molar-refractivity contribution in [3.8, 4) is 22.3 Å². The minimum atomic E-state index is -0.282. The van der Waals surface area contributed by atoms with E-state index in [2.05, 4.69) is 266 Å². The molecule has 388 valence electrons. The molecule has 3 aliphatic rings. The van der Waals surface area contributed by atoms with E-state index in [1.807, 2.05) is 0 Å². The van der Waals surface area contributed by atoms with Crippen LogP contribution in [-0.4, -0.2) is 11.3 Å². The van der Waals surface area contributed by atoms with Gasteiger partial charge in [-0.25, -0.2) is 0 Å². The lowest BCUT2D eigenvalue weighted by atomic mass is 9.45. The Bertz CT molecular complexity index is 4460. The first-order valence-electron chi connectivity index (χ1n) is 28.5. The molecule has 12 aromatic rings. The fourth-order valence-electron chi connectivity index (χ4n) is 14.0. The number of hydrogen-bond acceptors (Lipinski definition) is 4. The lowest BCUT2D eigenvalue weighted by molar-refractivity contribution is 0.332. The molecular formula is C73H66BN3O2. The molecule has 2 aliphatic heterocycles. The van der Waals surface area contributed by atoms with E-state index in [0.717, 1.165) is 102 Å². The quantitative estimate of drug-likeness (QED) is 0.161. The second-order valence-electron chi connectivity index (χ2n) is 26.5. The summed E-state index contributed by atoms with van der Waals surface area (Å²) in [5.41, 5.74) is 25.3. The molecule has 15 rings (SSSR count). The lowest BCUT2D eigenvalue weighted by Crippen LogP contribution is -2.56. The number of aryl methyl sites for hydroxylation is 1. The topological polar surface area (TPSA) is 37.7 Å². The molecule has 0 saturated heterocycles. The van der Waals surface area contributed by atoms with Crippen LogP contribution < -0.4 is 20.7 Å². The molecule has 6 heteroatoms. The molecule has 0 unspecified atom stereocenters. The van der Waals surface area contributed by atoms with Crippen LogP contribution in [0.5, 0.6) is 0 Å². The fraction of sp³-hybridized carbons (Fsp3) is 0.233. The Balaban J connectivity index is 1.11. The Kier molecular flexibility index (Phi) is 9.97. The van der Waals surface area contributed by atoms with Crippen LogP contribution in [0.25, 0.3) is 77.2 Å². The minimum Gasteiger partial charge on any atom is -0.455 e. The van der Waals surface area contributed by atoms with Crippen molar-refractivity contribution >= 4 is 107 Å². The maximum Gasteiger partial charge on any atom is 0.336 e. The summed E-state index contributed by atoms with van der Waals surface area (Å²) in [5.74, 6) is 0. The van der Waals surface area contributed by atoms with Crippen molar-refractivity contribution < 1.29 is 8.83 Å². The average Bonchev–Trinajstić information content (AvgIpc) is 2.84. The van der Waals surface area contributed by atoms with Crippen molar-refractivity contribution in [2.24, 2.45) is 0 Å². The lowest BCUT2D eigenvalue weighted by Gasteiger charge is -2.44. The number of hydrogen-bond donors (Lipinski definition) is 0. The third-order valence-electron chi connectivity index (χ3n) is 18.5. The molecule has 0 bridgehead atoms. The molecule has 3 aromatic heterocycles.